The lowest BCUT2D eigenvalue weighted by molar-refractivity contribution is 0.0598. The fraction of sp³-hybridized carbons (Fsp3) is 0.111. The van der Waals surface area contributed by atoms with Crippen LogP contribution in [0.5, 0.6) is 0 Å². The number of esters is 1. The maximum atomic E-state index is 11.2. The average Bonchev–Trinajstić information content (AvgIpc) is 2.20. The van der Waals surface area contributed by atoms with Gasteiger partial charge in [-0.05, 0) is 12.1 Å². The number of ether oxygens (including phenoxy) is 1. The number of benzene rings is 1. The summed E-state index contributed by atoms with van der Waals surface area (Å²) in [6.45, 7) is 0. The predicted molar refractivity (Wildman–Crippen MR) is 54.8 cm³/mol. The Morgan fingerprint density at radius 2 is 1.67 bits per heavy atom. The Kier molecular flexibility index (Phi) is 3.55. The molecule has 0 unspecified atom stereocenters. The van der Waals surface area contributed by atoms with Gasteiger partial charge in [-0.2, -0.15) is 0 Å². The molecule has 6 heteroatoms. The summed E-state index contributed by atoms with van der Waals surface area (Å²) in [5.41, 5.74) is -0.122. The average molecular weight is 249 g/mol. The number of rotatable bonds is 2. The third-order valence-corrected chi connectivity index (χ3v) is 2.60. The van der Waals surface area contributed by atoms with Crippen molar-refractivity contribution in [3.63, 3.8) is 0 Å². The van der Waals surface area contributed by atoms with Crippen LogP contribution in [0.1, 0.15) is 20.7 Å². The van der Waals surface area contributed by atoms with E-state index < -0.39 is 11.9 Å². The molecule has 0 spiro atoms. The summed E-state index contributed by atoms with van der Waals surface area (Å²) in [7, 11) is 1.19. The summed E-state index contributed by atoms with van der Waals surface area (Å²) >= 11 is 11.4. The maximum Gasteiger partial charge on any atom is 0.339 e. The fourth-order valence-corrected chi connectivity index (χ4v) is 1.47. The summed E-state index contributed by atoms with van der Waals surface area (Å²) in [4.78, 5) is 21.8. The zero-order valence-electron chi connectivity index (χ0n) is 7.58. The van der Waals surface area contributed by atoms with Crippen molar-refractivity contribution < 1.29 is 19.4 Å². The Hall–Kier alpha value is -1.26. The number of hydrogen-bond acceptors (Lipinski definition) is 3. The summed E-state index contributed by atoms with van der Waals surface area (Å²) in [5, 5.41) is 8.42. The molecule has 0 heterocycles. The van der Waals surface area contributed by atoms with Gasteiger partial charge in [0.1, 0.15) is 0 Å². The second-order valence-corrected chi connectivity index (χ2v) is 3.34. The molecule has 0 aliphatic rings. The van der Waals surface area contributed by atoms with Gasteiger partial charge < -0.3 is 9.84 Å². The highest BCUT2D eigenvalue weighted by molar-refractivity contribution is 6.45. The molecule has 1 N–H and O–H groups in total. The Balaban J connectivity index is 3.33. The molecule has 0 aliphatic heterocycles. The minimum absolute atomic E-state index is 0.0363. The number of methoxy groups -OCH3 is 1. The highest BCUT2D eigenvalue weighted by Crippen LogP contribution is 2.29. The van der Waals surface area contributed by atoms with Gasteiger partial charge in [-0.1, -0.05) is 23.2 Å². The number of halogens is 2. The van der Waals surface area contributed by atoms with E-state index in [1.165, 1.54) is 19.2 Å². The van der Waals surface area contributed by atoms with Crippen molar-refractivity contribution in [3.8, 4) is 0 Å². The smallest absolute Gasteiger partial charge is 0.339 e. The molecule has 0 aromatic heterocycles. The molecule has 0 saturated carbocycles. The second-order valence-electron chi connectivity index (χ2n) is 2.59. The van der Waals surface area contributed by atoms with Crippen LogP contribution in [0.25, 0.3) is 0 Å². The molecule has 0 amide bonds. The Morgan fingerprint density at radius 3 is 2.13 bits per heavy atom. The summed E-state index contributed by atoms with van der Waals surface area (Å²) < 4.78 is 4.44. The van der Waals surface area contributed by atoms with E-state index in [1.54, 1.807) is 0 Å². The quantitative estimate of drug-likeness (QED) is 0.817. The predicted octanol–water partition coefficient (Wildman–Crippen LogP) is 2.48. The molecule has 0 atom stereocenters. The number of carbonyl (C=O) groups is 2. The number of carboxylic acids is 1. The number of hydrogen-bond donors (Lipinski definition) is 1. The van der Waals surface area contributed by atoms with Crippen LogP contribution in [0.4, 0.5) is 0 Å². The first-order valence-electron chi connectivity index (χ1n) is 3.78. The van der Waals surface area contributed by atoms with Crippen molar-refractivity contribution in [2.75, 3.05) is 7.11 Å². The standard InChI is InChI=1S/C9H6Cl2O4/c1-15-9(14)5-3-2-4(8(12)13)6(10)7(5)11/h2-3H,1H3,(H,12,13). The molecule has 0 bridgehead atoms. The number of carbonyl (C=O) groups excluding carboxylic acids is 1. The van der Waals surface area contributed by atoms with Crippen molar-refractivity contribution >= 4 is 35.1 Å². The van der Waals surface area contributed by atoms with Crippen LogP contribution in [-0.4, -0.2) is 24.2 Å². The van der Waals surface area contributed by atoms with Gasteiger partial charge in [-0.25, -0.2) is 9.59 Å². The SMILES string of the molecule is COC(=O)c1ccc(C(=O)O)c(Cl)c1Cl. The third kappa shape index (κ3) is 2.22. The molecule has 1 rings (SSSR count). The van der Waals surface area contributed by atoms with E-state index >= 15 is 0 Å². The highest BCUT2D eigenvalue weighted by atomic mass is 35.5. The van der Waals surface area contributed by atoms with Crippen LogP contribution < -0.4 is 0 Å². The molecule has 0 fully saturated rings. The lowest BCUT2D eigenvalue weighted by atomic mass is 10.1. The maximum absolute atomic E-state index is 11.2. The molecule has 1 aromatic rings. The van der Waals surface area contributed by atoms with E-state index in [-0.39, 0.29) is 21.2 Å². The molecule has 0 radical (unpaired) electrons. The number of carboxylic acid groups (broad SMARTS) is 1. The van der Waals surface area contributed by atoms with Gasteiger partial charge in [0.25, 0.3) is 0 Å². The first kappa shape index (κ1) is 11.8. The second kappa shape index (κ2) is 4.51. The van der Waals surface area contributed by atoms with Gasteiger partial charge in [0.2, 0.25) is 0 Å². The van der Waals surface area contributed by atoms with Crippen LogP contribution in [-0.2, 0) is 4.74 Å². The van der Waals surface area contributed by atoms with Gasteiger partial charge >= 0.3 is 11.9 Å². The molecular weight excluding hydrogens is 243 g/mol. The topological polar surface area (TPSA) is 63.6 Å². The zero-order valence-corrected chi connectivity index (χ0v) is 9.09. The van der Waals surface area contributed by atoms with E-state index in [0.717, 1.165) is 0 Å². The Bertz CT molecular complexity index is 428. The van der Waals surface area contributed by atoms with Crippen molar-refractivity contribution in [1.82, 2.24) is 0 Å². The Morgan fingerprint density at radius 1 is 1.20 bits per heavy atom. The van der Waals surface area contributed by atoms with Crippen LogP contribution in [0.15, 0.2) is 12.1 Å². The molecule has 80 valence electrons. The van der Waals surface area contributed by atoms with Crippen molar-refractivity contribution in [1.29, 1.82) is 0 Å². The van der Waals surface area contributed by atoms with Crippen LogP contribution in [0, 0.1) is 0 Å². The first-order chi connectivity index (χ1) is 6.99. The first-order valence-corrected chi connectivity index (χ1v) is 4.54. The zero-order chi connectivity index (χ0) is 11.6. The lowest BCUT2D eigenvalue weighted by Gasteiger charge is -2.05. The van der Waals surface area contributed by atoms with Gasteiger partial charge in [-0.15, -0.1) is 0 Å². The van der Waals surface area contributed by atoms with E-state index in [1.807, 2.05) is 0 Å². The normalized spacial score (nSPS) is 9.80. The van der Waals surface area contributed by atoms with Crippen LogP contribution in [0.3, 0.4) is 0 Å². The van der Waals surface area contributed by atoms with Gasteiger partial charge in [0.05, 0.1) is 28.3 Å². The van der Waals surface area contributed by atoms with Crippen molar-refractivity contribution in [3.05, 3.63) is 33.3 Å². The summed E-state index contributed by atoms with van der Waals surface area (Å²) in [6.07, 6.45) is 0. The fourth-order valence-electron chi connectivity index (χ4n) is 0.982. The third-order valence-electron chi connectivity index (χ3n) is 1.72. The van der Waals surface area contributed by atoms with E-state index in [9.17, 15) is 9.59 Å². The molecule has 1 aromatic carbocycles. The largest absolute Gasteiger partial charge is 0.478 e. The van der Waals surface area contributed by atoms with Gasteiger partial charge in [-0.3, -0.25) is 0 Å². The van der Waals surface area contributed by atoms with E-state index in [4.69, 9.17) is 28.3 Å². The summed E-state index contributed by atoms with van der Waals surface area (Å²) in [6, 6.07) is 2.45. The van der Waals surface area contributed by atoms with E-state index in [0.29, 0.717) is 0 Å². The number of aromatic carboxylic acids is 1. The highest BCUT2D eigenvalue weighted by Gasteiger charge is 2.18. The van der Waals surface area contributed by atoms with E-state index in [2.05, 4.69) is 4.74 Å². The van der Waals surface area contributed by atoms with Crippen LogP contribution in [0.2, 0.25) is 10.0 Å². The molecule has 0 aliphatic carbocycles. The van der Waals surface area contributed by atoms with Gasteiger partial charge in [0.15, 0.2) is 0 Å². The minimum Gasteiger partial charge on any atom is -0.478 e. The summed E-state index contributed by atoms with van der Waals surface area (Å²) in [5.74, 6) is -1.88. The van der Waals surface area contributed by atoms with Crippen molar-refractivity contribution in [2.45, 2.75) is 0 Å². The monoisotopic (exact) mass is 248 g/mol. The minimum atomic E-state index is -1.21. The lowest BCUT2D eigenvalue weighted by Crippen LogP contribution is -2.05. The molecule has 4 nitrogen and oxygen atoms in total. The molecular formula is C9H6Cl2O4. The van der Waals surface area contributed by atoms with Crippen molar-refractivity contribution in [2.24, 2.45) is 0 Å². The van der Waals surface area contributed by atoms with Gasteiger partial charge in [0, 0.05) is 0 Å². The van der Waals surface area contributed by atoms with Crippen LogP contribution >= 0.6 is 23.2 Å². The molecule has 0 saturated heterocycles. The Labute approximate surface area is 95.4 Å². The molecule has 15 heavy (non-hydrogen) atoms.